The van der Waals surface area contributed by atoms with Crippen LogP contribution in [-0.2, 0) is 4.79 Å². The van der Waals surface area contributed by atoms with Crippen LogP contribution in [-0.4, -0.2) is 48.1 Å². The molecule has 4 aromatic carbocycles. The number of para-hydroxylation sites is 4. The third-order valence-corrected chi connectivity index (χ3v) is 7.27. The maximum Gasteiger partial charge on any atom is 0.257 e. The molecule has 0 unspecified atom stereocenters. The summed E-state index contributed by atoms with van der Waals surface area (Å²) in [6.45, 7) is 3.28. The van der Waals surface area contributed by atoms with Crippen molar-refractivity contribution in [3.63, 3.8) is 0 Å². The number of hydrogen-bond donors (Lipinski definition) is 0. The quantitative estimate of drug-likeness (QED) is 0.301. The first-order valence-corrected chi connectivity index (χ1v) is 13.3. The third-order valence-electron chi connectivity index (χ3n) is 7.27. The highest BCUT2D eigenvalue weighted by Crippen LogP contribution is 2.29. The molecule has 1 saturated heterocycles. The van der Waals surface area contributed by atoms with E-state index >= 15 is 0 Å². The largest absolute Gasteiger partial charge is 0.368 e. The number of amides is 1. The number of aromatic nitrogens is 1. The summed E-state index contributed by atoms with van der Waals surface area (Å²) in [4.78, 5) is 33.2. The van der Waals surface area contributed by atoms with Crippen molar-refractivity contribution < 1.29 is 4.79 Å². The Morgan fingerprint density at radius 3 is 1.82 bits per heavy atom. The van der Waals surface area contributed by atoms with Crippen LogP contribution in [0.1, 0.15) is 0 Å². The van der Waals surface area contributed by atoms with Crippen LogP contribution in [0.4, 0.5) is 17.1 Å². The zero-order valence-corrected chi connectivity index (χ0v) is 21.7. The fraction of sp³-hybridized carbons (Fsp3) is 0.152. The van der Waals surface area contributed by atoms with Crippen molar-refractivity contribution in [2.24, 2.45) is 0 Å². The van der Waals surface area contributed by atoms with Gasteiger partial charge in [-0.15, -0.1) is 0 Å². The van der Waals surface area contributed by atoms with Gasteiger partial charge in [0.05, 0.1) is 17.7 Å². The fourth-order valence-electron chi connectivity index (χ4n) is 5.37. The number of rotatable bonds is 6. The summed E-state index contributed by atoms with van der Waals surface area (Å²) < 4.78 is 1.77. The molecule has 0 radical (unpaired) electrons. The highest BCUT2D eigenvalue weighted by Gasteiger charge is 2.25. The van der Waals surface area contributed by atoms with E-state index in [0.717, 1.165) is 59.8 Å². The SMILES string of the molecule is O=C(CN1CCN(c2cc(=O)n(-c3ccccc3)c3ccccc23)CC1)N(c1ccccc1)c1ccccc1. The van der Waals surface area contributed by atoms with Gasteiger partial charge < -0.3 is 4.90 Å². The average molecular weight is 515 g/mol. The molecule has 194 valence electrons. The molecule has 1 aromatic heterocycles. The fourth-order valence-corrected chi connectivity index (χ4v) is 5.37. The van der Waals surface area contributed by atoms with Gasteiger partial charge in [0, 0.05) is 54.7 Å². The predicted octanol–water partition coefficient (Wildman–Crippen LogP) is 5.48. The smallest absolute Gasteiger partial charge is 0.257 e. The van der Waals surface area contributed by atoms with Crippen molar-refractivity contribution >= 4 is 33.9 Å². The van der Waals surface area contributed by atoms with E-state index in [4.69, 9.17) is 0 Å². The number of benzene rings is 4. The topological polar surface area (TPSA) is 48.8 Å². The normalized spacial score (nSPS) is 13.9. The van der Waals surface area contributed by atoms with Crippen molar-refractivity contribution in [1.82, 2.24) is 9.47 Å². The molecule has 0 spiro atoms. The molecule has 39 heavy (non-hydrogen) atoms. The van der Waals surface area contributed by atoms with Gasteiger partial charge in [-0.2, -0.15) is 0 Å². The summed E-state index contributed by atoms with van der Waals surface area (Å²) in [5, 5.41) is 1.05. The van der Waals surface area contributed by atoms with Crippen molar-refractivity contribution in [1.29, 1.82) is 0 Å². The van der Waals surface area contributed by atoms with Crippen LogP contribution in [0.5, 0.6) is 0 Å². The zero-order chi connectivity index (χ0) is 26.6. The molecule has 1 amide bonds. The van der Waals surface area contributed by atoms with Crippen molar-refractivity contribution in [3.8, 4) is 5.69 Å². The van der Waals surface area contributed by atoms with Crippen LogP contribution in [0.15, 0.2) is 126 Å². The number of nitrogens with zero attached hydrogens (tertiary/aromatic N) is 4. The molecule has 6 nitrogen and oxygen atoms in total. The molecule has 6 rings (SSSR count). The Labute approximate surface area is 228 Å². The summed E-state index contributed by atoms with van der Waals surface area (Å²) in [7, 11) is 0. The van der Waals surface area contributed by atoms with Crippen LogP contribution in [0.25, 0.3) is 16.6 Å². The van der Waals surface area contributed by atoms with Gasteiger partial charge in [0.25, 0.3) is 5.56 Å². The van der Waals surface area contributed by atoms with Gasteiger partial charge in [0.2, 0.25) is 5.91 Å². The second-order valence-corrected chi connectivity index (χ2v) is 9.72. The van der Waals surface area contributed by atoms with Gasteiger partial charge in [-0.05, 0) is 42.5 Å². The van der Waals surface area contributed by atoms with Crippen molar-refractivity contribution in [3.05, 3.63) is 132 Å². The van der Waals surface area contributed by atoms with E-state index in [1.54, 1.807) is 15.5 Å². The molecular formula is C33H30N4O2. The Bertz CT molecular complexity index is 1590. The summed E-state index contributed by atoms with van der Waals surface area (Å²) in [5.41, 5.74) is 4.37. The Morgan fingerprint density at radius 2 is 1.21 bits per heavy atom. The van der Waals surface area contributed by atoms with Gasteiger partial charge in [0.15, 0.2) is 0 Å². The number of piperazine rings is 1. The second-order valence-electron chi connectivity index (χ2n) is 9.72. The minimum atomic E-state index is -0.0473. The zero-order valence-electron chi connectivity index (χ0n) is 21.7. The summed E-state index contributed by atoms with van der Waals surface area (Å²) in [6.07, 6.45) is 0. The maximum atomic E-state index is 13.6. The lowest BCUT2D eigenvalue weighted by molar-refractivity contribution is -0.119. The minimum Gasteiger partial charge on any atom is -0.368 e. The van der Waals surface area contributed by atoms with Gasteiger partial charge in [-0.25, -0.2) is 0 Å². The van der Waals surface area contributed by atoms with Crippen LogP contribution in [0.2, 0.25) is 0 Å². The van der Waals surface area contributed by atoms with Gasteiger partial charge >= 0.3 is 0 Å². The highest BCUT2D eigenvalue weighted by atomic mass is 16.2. The van der Waals surface area contributed by atoms with E-state index in [1.165, 1.54) is 0 Å². The van der Waals surface area contributed by atoms with E-state index < -0.39 is 0 Å². The van der Waals surface area contributed by atoms with Gasteiger partial charge in [-0.3, -0.25) is 24.0 Å². The number of carbonyl (C=O) groups excluding carboxylic acids is 1. The van der Waals surface area contributed by atoms with Crippen molar-refractivity contribution in [2.45, 2.75) is 0 Å². The van der Waals surface area contributed by atoms with E-state index in [9.17, 15) is 9.59 Å². The number of anilines is 3. The standard InChI is InChI=1S/C33H30N4O2/c38-32-24-31(29-18-10-11-19-30(29)37(32)28-16-8-3-9-17-28)35-22-20-34(21-23-35)25-33(39)36(26-12-4-1-5-13-26)27-14-6-2-7-15-27/h1-19,24H,20-23,25H2. The first-order valence-electron chi connectivity index (χ1n) is 13.3. The molecule has 5 aromatic rings. The molecule has 0 atom stereocenters. The van der Waals surface area contributed by atoms with Gasteiger partial charge in [-0.1, -0.05) is 72.8 Å². The monoisotopic (exact) mass is 514 g/mol. The number of hydrogen-bond acceptors (Lipinski definition) is 4. The van der Waals surface area contributed by atoms with E-state index in [2.05, 4.69) is 15.9 Å². The summed E-state index contributed by atoms with van der Waals surface area (Å²) >= 11 is 0. The molecule has 0 saturated carbocycles. The Kier molecular flexibility index (Phi) is 6.93. The molecular weight excluding hydrogens is 484 g/mol. The molecule has 1 aliphatic rings. The number of fused-ring (bicyclic) bond motifs is 1. The molecule has 0 aliphatic carbocycles. The molecule has 6 heteroatoms. The molecule has 1 fully saturated rings. The average Bonchev–Trinajstić information content (AvgIpc) is 2.99. The summed E-state index contributed by atoms with van der Waals surface area (Å²) in [6, 6.07) is 39.2. The highest BCUT2D eigenvalue weighted by molar-refractivity contribution is 6.01. The Hall–Kier alpha value is -4.68. The van der Waals surface area contributed by atoms with Crippen LogP contribution in [0.3, 0.4) is 0 Å². The first kappa shape index (κ1) is 24.6. The van der Waals surface area contributed by atoms with Crippen LogP contribution >= 0.6 is 0 Å². The molecule has 2 heterocycles. The molecule has 0 N–H and O–H groups in total. The van der Waals surface area contributed by atoms with Crippen LogP contribution in [0, 0.1) is 0 Å². The summed E-state index contributed by atoms with van der Waals surface area (Å²) in [5.74, 6) is 0.0387. The van der Waals surface area contributed by atoms with E-state index in [1.807, 2.05) is 109 Å². The van der Waals surface area contributed by atoms with E-state index in [0.29, 0.717) is 6.54 Å². The second kappa shape index (κ2) is 11.0. The predicted molar refractivity (Wildman–Crippen MR) is 158 cm³/mol. The lowest BCUT2D eigenvalue weighted by Gasteiger charge is -2.37. The number of carbonyl (C=O) groups is 1. The van der Waals surface area contributed by atoms with Crippen molar-refractivity contribution in [2.75, 3.05) is 42.5 Å². The lowest BCUT2D eigenvalue weighted by Crippen LogP contribution is -2.50. The van der Waals surface area contributed by atoms with Crippen LogP contribution < -0.4 is 15.4 Å². The lowest BCUT2D eigenvalue weighted by atomic mass is 10.1. The minimum absolute atomic E-state index is 0.0387. The molecule has 0 bridgehead atoms. The maximum absolute atomic E-state index is 13.6. The third kappa shape index (κ3) is 5.07. The first-order chi connectivity index (χ1) is 19.2. The number of pyridine rings is 1. The van der Waals surface area contributed by atoms with E-state index in [-0.39, 0.29) is 11.5 Å². The molecule has 1 aliphatic heterocycles. The Balaban J connectivity index is 1.21. The van der Waals surface area contributed by atoms with Gasteiger partial charge in [0.1, 0.15) is 0 Å². The Morgan fingerprint density at radius 1 is 0.667 bits per heavy atom.